The number of hydrogen-bond acceptors (Lipinski definition) is 9. The van der Waals surface area contributed by atoms with Crippen LogP contribution in [-0.4, -0.2) is 55.8 Å². The number of rotatable bonds is 62. The van der Waals surface area contributed by atoms with E-state index in [1.165, 1.54) is 231 Å². The van der Waals surface area contributed by atoms with Crippen molar-refractivity contribution in [2.75, 3.05) is 39.6 Å². The van der Waals surface area contributed by atoms with Gasteiger partial charge in [0.15, 0.2) is 0 Å². The Morgan fingerprint density at radius 3 is 0.704 bits per heavy atom. The molecule has 6 aromatic carbocycles. The van der Waals surface area contributed by atoms with Gasteiger partial charge in [-0.05, 0) is 58.4 Å². The number of pyridine rings is 2. The summed E-state index contributed by atoms with van der Waals surface area (Å²) in [6.07, 6.45) is 55.7. The van der Waals surface area contributed by atoms with Gasteiger partial charge >= 0.3 is 6.16 Å². The summed E-state index contributed by atoms with van der Waals surface area (Å²) in [7, 11) is 0. The molecule has 108 heavy (non-hydrogen) atoms. The summed E-state index contributed by atoms with van der Waals surface area (Å²) in [5.74, 6) is -0.637. The molecule has 0 saturated carbocycles. The van der Waals surface area contributed by atoms with Crippen LogP contribution >= 0.6 is 0 Å². The van der Waals surface area contributed by atoms with E-state index < -0.39 is 29.2 Å². The predicted molar refractivity (Wildman–Crippen MR) is 449 cm³/mol. The fraction of sp³-hybridized carbons (Fsp3) is 0.525. The van der Waals surface area contributed by atoms with Crippen molar-refractivity contribution < 1.29 is 33.2 Å². The normalized spacial score (nSPS) is 12.3. The molecule has 0 saturated heterocycles. The van der Waals surface area contributed by atoms with Crippen LogP contribution < -0.4 is 9.47 Å². The quantitative estimate of drug-likeness (QED) is 0.0210. The van der Waals surface area contributed by atoms with E-state index in [0.29, 0.717) is 37.6 Å². The predicted octanol–water partition coefficient (Wildman–Crippen LogP) is 27.9. The molecule has 0 aliphatic heterocycles. The van der Waals surface area contributed by atoms with Crippen molar-refractivity contribution in [2.24, 2.45) is 0 Å². The lowest BCUT2D eigenvalue weighted by molar-refractivity contribution is -0.0120. The topological polar surface area (TPSA) is 98.2 Å². The minimum atomic E-state index is -1.01. The van der Waals surface area contributed by atoms with Gasteiger partial charge in [0.25, 0.3) is 0 Å². The van der Waals surface area contributed by atoms with Crippen LogP contribution in [0.1, 0.15) is 327 Å². The molecule has 0 aliphatic carbocycles. The lowest BCUT2D eigenvalue weighted by atomic mass is 9.80. The second-order valence-corrected chi connectivity index (χ2v) is 30.4. The third kappa shape index (κ3) is 30.9. The highest BCUT2D eigenvalue weighted by atomic mass is 16.7. The molecule has 2 heterocycles. The number of ether oxygens (including phenoxy) is 6. The fourth-order valence-corrected chi connectivity index (χ4v) is 15.6. The highest BCUT2D eigenvalue weighted by Crippen LogP contribution is 2.44. The molecule has 584 valence electrons. The Balaban J connectivity index is 0.916. The third-order valence-corrected chi connectivity index (χ3v) is 21.8. The summed E-state index contributed by atoms with van der Waals surface area (Å²) in [6.45, 7) is 6.76. The second kappa shape index (κ2) is 54.4. The number of nitrogens with zero attached hydrogens (tertiary/aromatic N) is 2. The first-order valence-electron chi connectivity index (χ1n) is 43.1. The summed E-state index contributed by atoms with van der Waals surface area (Å²) >= 11 is 0. The molecule has 0 aliphatic rings. The summed E-state index contributed by atoms with van der Waals surface area (Å²) < 4.78 is 41.1. The van der Waals surface area contributed by atoms with Crippen molar-refractivity contribution in [3.63, 3.8) is 0 Å². The van der Waals surface area contributed by atoms with Crippen molar-refractivity contribution in [2.45, 2.75) is 294 Å². The Labute approximate surface area is 653 Å². The average molecular weight is 1470 g/mol. The van der Waals surface area contributed by atoms with Crippen molar-refractivity contribution in [1.29, 1.82) is 0 Å². The van der Waals surface area contributed by atoms with E-state index >= 15 is 0 Å². The number of carbonyl (C=O) groups is 1. The van der Waals surface area contributed by atoms with Crippen molar-refractivity contribution in [3.05, 3.63) is 263 Å². The zero-order chi connectivity index (χ0) is 75.1. The van der Waals surface area contributed by atoms with E-state index in [-0.39, 0.29) is 25.0 Å². The second-order valence-electron chi connectivity index (χ2n) is 30.4. The van der Waals surface area contributed by atoms with Crippen LogP contribution in [-0.2, 0) is 30.1 Å². The summed E-state index contributed by atoms with van der Waals surface area (Å²) in [4.78, 5) is 24.3. The van der Waals surface area contributed by atoms with Gasteiger partial charge < -0.3 is 28.4 Å². The minimum absolute atomic E-state index is 0.108. The van der Waals surface area contributed by atoms with E-state index in [9.17, 15) is 4.79 Å². The molecule has 0 bridgehead atoms. The van der Waals surface area contributed by atoms with E-state index in [0.717, 1.165) is 59.1 Å². The van der Waals surface area contributed by atoms with E-state index in [1.54, 1.807) is 12.4 Å². The number of carbonyl (C=O) groups excluding carboxylic acids is 1. The average Bonchev–Trinajstić information content (AvgIpc) is 0.763. The number of benzene rings is 6. The van der Waals surface area contributed by atoms with Crippen molar-refractivity contribution >= 4 is 6.16 Å². The van der Waals surface area contributed by atoms with Gasteiger partial charge in [-0.2, -0.15) is 0 Å². The fourth-order valence-electron chi connectivity index (χ4n) is 15.6. The molecule has 2 atom stereocenters. The van der Waals surface area contributed by atoms with Crippen LogP contribution in [0.15, 0.2) is 219 Å². The van der Waals surface area contributed by atoms with Crippen LogP contribution in [0, 0.1) is 0 Å². The molecule has 8 rings (SSSR count). The molecular formula is C99H136N2O7. The smallest absolute Gasteiger partial charge is 0.381 e. The Kier molecular flexibility index (Phi) is 43.4. The summed E-state index contributed by atoms with van der Waals surface area (Å²) in [5, 5.41) is 0. The first-order valence-corrected chi connectivity index (χ1v) is 43.1. The summed E-state index contributed by atoms with van der Waals surface area (Å²) in [6, 6.07) is 70.2. The highest BCUT2D eigenvalue weighted by Gasteiger charge is 2.41. The molecule has 0 spiro atoms. The molecule has 9 nitrogen and oxygen atoms in total. The molecule has 0 radical (unpaired) electrons. The van der Waals surface area contributed by atoms with Gasteiger partial charge in [-0.25, -0.2) is 14.8 Å². The number of aromatic nitrogens is 2. The van der Waals surface area contributed by atoms with E-state index in [4.69, 9.17) is 38.4 Å². The summed E-state index contributed by atoms with van der Waals surface area (Å²) in [5.41, 5.74) is 5.21. The largest absolute Gasteiger partial charge is 0.522 e. The minimum Gasteiger partial charge on any atom is -0.381 e. The van der Waals surface area contributed by atoms with Gasteiger partial charge in [0.1, 0.15) is 11.2 Å². The molecule has 0 N–H and O–H groups in total. The molecule has 0 unspecified atom stereocenters. The SMILES string of the molecule is CCCCCCCCCCCCCCCCCCCCCCOC[C@H](COC(c1ccccc1)(c1ccccc1)c1ccccc1)c1cccnc1OC(=O)Oc1ncccc1[C@H](COCCCCCCCCCCCCCCCCCCCCCC)COC(c1ccccc1)(c1ccccc1)c1ccccc1. The van der Waals surface area contributed by atoms with Gasteiger partial charge in [0.05, 0.1) is 26.4 Å². The highest BCUT2D eigenvalue weighted by molar-refractivity contribution is 5.67. The lowest BCUT2D eigenvalue weighted by Crippen LogP contribution is -2.35. The van der Waals surface area contributed by atoms with Gasteiger partial charge in [0, 0.05) is 48.6 Å². The molecule has 9 heteroatoms. The molecule has 0 amide bonds. The van der Waals surface area contributed by atoms with Crippen LogP contribution in [0.4, 0.5) is 4.79 Å². The van der Waals surface area contributed by atoms with Gasteiger partial charge in [0.2, 0.25) is 11.8 Å². The molecule has 0 fully saturated rings. The third-order valence-electron chi connectivity index (χ3n) is 21.8. The van der Waals surface area contributed by atoms with Gasteiger partial charge in [-0.1, -0.05) is 452 Å². The first-order chi connectivity index (χ1) is 53.6. The van der Waals surface area contributed by atoms with Gasteiger partial charge in [-0.3, -0.25) is 0 Å². The lowest BCUT2D eigenvalue weighted by Gasteiger charge is -2.37. The first kappa shape index (κ1) is 86.3. The maximum Gasteiger partial charge on any atom is 0.522 e. The Morgan fingerprint density at radius 1 is 0.269 bits per heavy atom. The maximum atomic E-state index is 14.7. The Morgan fingerprint density at radius 2 is 0.481 bits per heavy atom. The molecule has 2 aromatic heterocycles. The van der Waals surface area contributed by atoms with Gasteiger partial charge in [-0.15, -0.1) is 0 Å². The molecular weight excluding hydrogens is 1330 g/mol. The maximum absolute atomic E-state index is 14.7. The van der Waals surface area contributed by atoms with Crippen LogP contribution in [0.25, 0.3) is 0 Å². The van der Waals surface area contributed by atoms with E-state index in [1.807, 2.05) is 60.7 Å². The number of hydrogen-bond donors (Lipinski definition) is 0. The van der Waals surface area contributed by atoms with E-state index in [2.05, 4.69) is 159 Å². The zero-order valence-electron chi connectivity index (χ0n) is 66.7. The standard InChI is InChI=1S/C99H136N2O7/c1-3-5-7-9-11-13-15-17-19-21-23-25-27-29-31-33-35-37-39-59-79-103-81-85(83-105-98(87-63-47-41-48-64-87,88-65-49-42-50-66-88)89-67-51-43-52-68-89)93-75-61-77-100-95(93)107-97(102)108-96-94(76-62-78-101-96)86(82-104-80-60-40-38-36-34-32-30-28-26-24-22-20-18-16-14-12-10-8-6-4-2)84-106-99(90-69-53-44-54-70-90,91-71-55-45-56-72-91)92-73-57-46-58-74-92/h41-58,61-78,85-86H,3-40,59-60,79-84H2,1-2H3/t85-,86-/m1/s1. The Hall–Kier alpha value is -7.27. The van der Waals surface area contributed by atoms with Crippen molar-refractivity contribution in [3.8, 4) is 11.8 Å². The van der Waals surface area contributed by atoms with Crippen molar-refractivity contribution in [1.82, 2.24) is 9.97 Å². The van der Waals surface area contributed by atoms with Crippen LogP contribution in [0.5, 0.6) is 11.8 Å². The van der Waals surface area contributed by atoms with Crippen LogP contribution in [0.2, 0.25) is 0 Å². The Bertz CT molecular complexity index is 3060. The monoisotopic (exact) mass is 1470 g/mol. The van der Waals surface area contributed by atoms with Crippen LogP contribution in [0.3, 0.4) is 0 Å². The number of unbranched alkanes of at least 4 members (excludes halogenated alkanes) is 38. The zero-order valence-corrected chi connectivity index (χ0v) is 66.7. The molecule has 8 aromatic rings.